The van der Waals surface area contributed by atoms with Crippen LogP contribution in [0, 0.1) is 6.92 Å². The van der Waals surface area contributed by atoms with E-state index < -0.39 is 0 Å². The molecular formula is C19H15N3O2S. The summed E-state index contributed by atoms with van der Waals surface area (Å²) in [5.41, 5.74) is 3.03. The van der Waals surface area contributed by atoms with Crippen LogP contribution in [-0.2, 0) is 4.79 Å². The van der Waals surface area contributed by atoms with Gasteiger partial charge in [-0.3, -0.25) is 9.69 Å². The molecule has 25 heavy (non-hydrogen) atoms. The van der Waals surface area contributed by atoms with E-state index in [1.807, 2.05) is 61.5 Å². The minimum Gasteiger partial charge on any atom is -0.437 e. The summed E-state index contributed by atoms with van der Waals surface area (Å²) in [6.45, 7) is 1.99. The van der Waals surface area contributed by atoms with Gasteiger partial charge in [-0.25, -0.2) is 0 Å². The summed E-state index contributed by atoms with van der Waals surface area (Å²) in [7, 11) is 0. The number of fused-ring (bicyclic) bond motifs is 1. The summed E-state index contributed by atoms with van der Waals surface area (Å²) >= 11 is 1.37. The number of nitrogens with zero attached hydrogens (tertiary/aromatic N) is 3. The summed E-state index contributed by atoms with van der Waals surface area (Å²) in [6.07, 6.45) is 0. The van der Waals surface area contributed by atoms with Gasteiger partial charge in [-0.05, 0) is 36.8 Å². The minimum absolute atomic E-state index is 0.000000229. The van der Waals surface area contributed by atoms with Gasteiger partial charge in [0.25, 0.3) is 0 Å². The van der Waals surface area contributed by atoms with Gasteiger partial charge in [-0.2, -0.15) is 0 Å². The van der Waals surface area contributed by atoms with E-state index in [1.54, 1.807) is 11.0 Å². The molecule has 124 valence electrons. The molecule has 1 aromatic heterocycles. The van der Waals surface area contributed by atoms with Crippen molar-refractivity contribution in [1.29, 1.82) is 0 Å². The SMILES string of the molecule is Cc1cccc(N2C(=O)CS/C2=N/N=c2\ccc3ccccc3o2)c1. The largest absolute Gasteiger partial charge is 0.437 e. The van der Waals surface area contributed by atoms with Crippen LogP contribution < -0.4 is 10.5 Å². The Morgan fingerprint density at radius 1 is 1.04 bits per heavy atom. The average molecular weight is 349 g/mol. The highest BCUT2D eigenvalue weighted by Crippen LogP contribution is 2.27. The maximum atomic E-state index is 12.2. The van der Waals surface area contributed by atoms with Gasteiger partial charge in [0.1, 0.15) is 5.58 Å². The summed E-state index contributed by atoms with van der Waals surface area (Å²) in [5.74, 6) is 0.358. The van der Waals surface area contributed by atoms with E-state index in [2.05, 4.69) is 10.2 Å². The number of amidine groups is 1. The third-order valence-electron chi connectivity index (χ3n) is 3.80. The molecule has 1 amide bonds. The lowest BCUT2D eigenvalue weighted by molar-refractivity contribution is -0.115. The van der Waals surface area contributed by atoms with Crippen molar-refractivity contribution >= 4 is 39.5 Å². The van der Waals surface area contributed by atoms with Crippen molar-refractivity contribution < 1.29 is 9.21 Å². The van der Waals surface area contributed by atoms with Crippen molar-refractivity contribution in [3.63, 3.8) is 0 Å². The molecular weight excluding hydrogens is 334 g/mol. The van der Waals surface area contributed by atoms with E-state index in [-0.39, 0.29) is 5.91 Å². The number of rotatable bonds is 2. The van der Waals surface area contributed by atoms with Crippen LogP contribution in [0.2, 0.25) is 0 Å². The van der Waals surface area contributed by atoms with Gasteiger partial charge < -0.3 is 4.42 Å². The number of anilines is 1. The second-order valence-corrected chi connectivity index (χ2v) is 6.59. The number of amides is 1. The molecule has 3 aromatic rings. The van der Waals surface area contributed by atoms with E-state index in [4.69, 9.17) is 4.42 Å². The van der Waals surface area contributed by atoms with Crippen LogP contribution in [-0.4, -0.2) is 16.8 Å². The van der Waals surface area contributed by atoms with Crippen molar-refractivity contribution in [2.75, 3.05) is 10.7 Å². The smallest absolute Gasteiger partial charge is 0.243 e. The van der Waals surface area contributed by atoms with E-state index >= 15 is 0 Å². The van der Waals surface area contributed by atoms with Crippen molar-refractivity contribution in [2.45, 2.75) is 6.92 Å². The number of carbonyl (C=O) groups is 1. The van der Waals surface area contributed by atoms with E-state index in [0.29, 0.717) is 16.5 Å². The predicted octanol–water partition coefficient (Wildman–Crippen LogP) is 3.69. The Kier molecular flexibility index (Phi) is 4.11. The Morgan fingerprint density at radius 3 is 2.80 bits per heavy atom. The van der Waals surface area contributed by atoms with Crippen molar-refractivity contribution in [1.82, 2.24) is 0 Å². The molecule has 1 aliphatic rings. The Hall–Kier alpha value is -2.86. The molecule has 0 spiro atoms. The van der Waals surface area contributed by atoms with Gasteiger partial charge in [0.15, 0.2) is 5.17 Å². The van der Waals surface area contributed by atoms with Crippen LogP contribution in [0.4, 0.5) is 5.69 Å². The zero-order chi connectivity index (χ0) is 17.2. The molecule has 2 heterocycles. The van der Waals surface area contributed by atoms with E-state index in [9.17, 15) is 4.79 Å². The molecule has 4 rings (SSSR count). The standard InChI is InChI=1S/C19H15N3O2S/c1-13-5-4-7-15(11-13)22-18(23)12-25-19(22)21-20-17-10-9-14-6-2-3-8-16(14)24-17/h2-11H,12H2,1H3/b20-17+,21-19+. The van der Waals surface area contributed by atoms with Gasteiger partial charge in [0, 0.05) is 11.5 Å². The normalized spacial score (nSPS) is 17.0. The minimum atomic E-state index is 0.000000229. The van der Waals surface area contributed by atoms with Crippen molar-refractivity contribution in [2.24, 2.45) is 10.2 Å². The lowest BCUT2D eigenvalue weighted by Gasteiger charge is -2.15. The van der Waals surface area contributed by atoms with Gasteiger partial charge >= 0.3 is 0 Å². The van der Waals surface area contributed by atoms with Crippen molar-refractivity contribution in [3.8, 4) is 0 Å². The highest BCUT2D eigenvalue weighted by atomic mass is 32.2. The molecule has 0 N–H and O–H groups in total. The number of thioether (sulfide) groups is 1. The predicted molar refractivity (Wildman–Crippen MR) is 100 cm³/mol. The van der Waals surface area contributed by atoms with Crippen molar-refractivity contribution in [3.05, 3.63) is 71.8 Å². The lowest BCUT2D eigenvalue weighted by atomic mass is 10.2. The second kappa shape index (κ2) is 6.57. The summed E-state index contributed by atoms with van der Waals surface area (Å²) in [5, 5.41) is 9.99. The Balaban J connectivity index is 1.72. The van der Waals surface area contributed by atoms with Crippen LogP contribution in [0.1, 0.15) is 5.56 Å². The van der Waals surface area contributed by atoms with Crippen LogP contribution in [0.5, 0.6) is 0 Å². The zero-order valence-corrected chi connectivity index (χ0v) is 14.4. The number of hydrogen-bond acceptors (Lipinski definition) is 5. The molecule has 2 aromatic carbocycles. The highest BCUT2D eigenvalue weighted by molar-refractivity contribution is 8.15. The summed E-state index contributed by atoms with van der Waals surface area (Å²) < 4.78 is 5.72. The average Bonchev–Trinajstić information content (AvgIpc) is 3.00. The monoisotopic (exact) mass is 349 g/mol. The van der Waals surface area contributed by atoms with Crippen LogP contribution in [0.3, 0.4) is 0 Å². The topological polar surface area (TPSA) is 58.2 Å². The fourth-order valence-electron chi connectivity index (χ4n) is 2.62. The van der Waals surface area contributed by atoms with Crippen LogP contribution >= 0.6 is 11.8 Å². The van der Waals surface area contributed by atoms with Gasteiger partial charge in [0.05, 0.1) is 11.4 Å². The Morgan fingerprint density at radius 2 is 1.92 bits per heavy atom. The van der Waals surface area contributed by atoms with Gasteiger partial charge in [-0.1, -0.05) is 42.1 Å². The molecule has 0 radical (unpaired) electrons. The molecule has 0 aliphatic carbocycles. The number of carbonyl (C=O) groups excluding carboxylic acids is 1. The van der Waals surface area contributed by atoms with Crippen LogP contribution in [0.15, 0.2) is 75.3 Å². The van der Waals surface area contributed by atoms with Gasteiger partial charge in [0.2, 0.25) is 11.5 Å². The number of benzene rings is 2. The first-order valence-corrected chi connectivity index (χ1v) is 8.82. The first-order chi connectivity index (χ1) is 12.2. The lowest BCUT2D eigenvalue weighted by Crippen LogP contribution is -2.29. The maximum Gasteiger partial charge on any atom is 0.243 e. The van der Waals surface area contributed by atoms with Gasteiger partial charge in [-0.15, -0.1) is 10.2 Å². The molecule has 1 saturated heterocycles. The molecule has 0 bridgehead atoms. The second-order valence-electron chi connectivity index (χ2n) is 5.65. The van der Waals surface area contributed by atoms with Crippen LogP contribution in [0.25, 0.3) is 11.0 Å². The Bertz CT molecular complexity index is 1060. The highest BCUT2D eigenvalue weighted by Gasteiger charge is 2.29. The third-order valence-corrected chi connectivity index (χ3v) is 4.71. The molecule has 6 heteroatoms. The van der Waals surface area contributed by atoms with E-state index in [0.717, 1.165) is 22.2 Å². The molecule has 0 saturated carbocycles. The molecule has 1 aliphatic heterocycles. The number of para-hydroxylation sites is 1. The first-order valence-electron chi connectivity index (χ1n) is 7.84. The van der Waals surface area contributed by atoms with E-state index in [1.165, 1.54) is 11.8 Å². The molecule has 1 fully saturated rings. The molecule has 0 atom stereocenters. The maximum absolute atomic E-state index is 12.2. The fraction of sp³-hybridized carbons (Fsp3) is 0.105. The molecule has 5 nitrogen and oxygen atoms in total. The Labute approximate surface area is 148 Å². The quantitative estimate of drug-likeness (QED) is 0.663. The summed E-state index contributed by atoms with van der Waals surface area (Å²) in [4.78, 5) is 13.8. The molecule has 0 unspecified atom stereocenters. The fourth-order valence-corrected chi connectivity index (χ4v) is 3.44. The first kappa shape index (κ1) is 15.7. The summed E-state index contributed by atoms with van der Waals surface area (Å²) in [6, 6.07) is 19.2. The number of hydrogen-bond donors (Lipinski definition) is 0. The zero-order valence-electron chi connectivity index (χ0n) is 13.5. The third kappa shape index (κ3) is 3.21. The number of aryl methyl sites for hydroxylation is 1.